The summed E-state index contributed by atoms with van der Waals surface area (Å²) in [5.41, 5.74) is -0.679. The van der Waals surface area contributed by atoms with Crippen molar-refractivity contribution in [2.24, 2.45) is 5.92 Å². The summed E-state index contributed by atoms with van der Waals surface area (Å²) < 4.78 is 59.8. The second kappa shape index (κ2) is 11.5. The van der Waals surface area contributed by atoms with Crippen molar-refractivity contribution in [1.82, 2.24) is 0 Å². The standard InChI is InChI=1S/C25H35F3O3/c1-3-5-19-8-9-20(24(27)23(19)26)10-12-21-11-6-18(15-29-21)7-13-22-30-16-25(28,14-4-2)17-31-22/h8-10,12,18,21-22H,3-7,11,13-17H2,1-2H3/b12-10+. The van der Waals surface area contributed by atoms with Crippen molar-refractivity contribution in [2.75, 3.05) is 19.8 Å². The molecule has 2 saturated heterocycles. The monoisotopic (exact) mass is 440 g/mol. The molecule has 1 aromatic rings. The van der Waals surface area contributed by atoms with E-state index in [-0.39, 0.29) is 31.2 Å². The fourth-order valence-electron chi connectivity index (χ4n) is 4.32. The van der Waals surface area contributed by atoms with Crippen LogP contribution in [0.5, 0.6) is 0 Å². The Balaban J connectivity index is 1.40. The highest BCUT2D eigenvalue weighted by Crippen LogP contribution is 2.29. The third-order valence-corrected chi connectivity index (χ3v) is 6.17. The molecule has 2 fully saturated rings. The van der Waals surface area contributed by atoms with Gasteiger partial charge in [0.05, 0.1) is 25.9 Å². The number of hydrogen-bond acceptors (Lipinski definition) is 3. The highest BCUT2D eigenvalue weighted by atomic mass is 19.2. The molecular formula is C25H35F3O3. The molecular weight excluding hydrogens is 405 g/mol. The molecule has 0 N–H and O–H groups in total. The van der Waals surface area contributed by atoms with Gasteiger partial charge in [0, 0.05) is 5.56 Å². The van der Waals surface area contributed by atoms with Gasteiger partial charge in [-0.2, -0.15) is 0 Å². The van der Waals surface area contributed by atoms with Crippen molar-refractivity contribution in [3.05, 3.63) is 41.0 Å². The van der Waals surface area contributed by atoms with E-state index in [2.05, 4.69) is 0 Å². The Bertz CT molecular complexity index is 721. The van der Waals surface area contributed by atoms with E-state index in [4.69, 9.17) is 14.2 Å². The fourth-order valence-corrected chi connectivity index (χ4v) is 4.32. The molecule has 2 unspecified atom stereocenters. The average Bonchev–Trinajstić information content (AvgIpc) is 2.77. The molecule has 2 aliphatic rings. The van der Waals surface area contributed by atoms with E-state index in [1.165, 1.54) is 0 Å². The molecule has 0 radical (unpaired) electrons. The molecule has 3 rings (SSSR count). The lowest BCUT2D eigenvalue weighted by Gasteiger charge is -2.35. The van der Waals surface area contributed by atoms with Gasteiger partial charge in [-0.3, -0.25) is 0 Å². The summed E-state index contributed by atoms with van der Waals surface area (Å²) in [5, 5.41) is 0. The molecule has 2 heterocycles. The van der Waals surface area contributed by atoms with Gasteiger partial charge in [0.2, 0.25) is 0 Å². The van der Waals surface area contributed by atoms with Crippen molar-refractivity contribution in [1.29, 1.82) is 0 Å². The topological polar surface area (TPSA) is 27.7 Å². The normalized spacial score (nSPS) is 29.5. The lowest BCUT2D eigenvalue weighted by molar-refractivity contribution is -0.237. The molecule has 2 atom stereocenters. The van der Waals surface area contributed by atoms with Crippen molar-refractivity contribution < 1.29 is 27.4 Å². The second-order valence-electron chi connectivity index (χ2n) is 8.90. The minimum absolute atomic E-state index is 0.0996. The van der Waals surface area contributed by atoms with Crippen LogP contribution >= 0.6 is 0 Å². The first-order valence-electron chi connectivity index (χ1n) is 11.6. The van der Waals surface area contributed by atoms with Crippen LogP contribution < -0.4 is 0 Å². The van der Waals surface area contributed by atoms with Gasteiger partial charge >= 0.3 is 0 Å². The van der Waals surface area contributed by atoms with E-state index in [1.54, 1.807) is 18.2 Å². The Labute approximate surface area is 184 Å². The highest BCUT2D eigenvalue weighted by molar-refractivity contribution is 5.51. The van der Waals surface area contributed by atoms with E-state index in [1.807, 2.05) is 19.9 Å². The first kappa shape index (κ1) is 24.3. The summed E-state index contributed by atoms with van der Waals surface area (Å²) in [4.78, 5) is 0. The third-order valence-electron chi connectivity index (χ3n) is 6.17. The Morgan fingerprint density at radius 3 is 2.42 bits per heavy atom. The van der Waals surface area contributed by atoms with Gasteiger partial charge in [-0.25, -0.2) is 13.2 Å². The smallest absolute Gasteiger partial charge is 0.166 e. The molecule has 0 bridgehead atoms. The van der Waals surface area contributed by atoms with E-state index in [0.717, 1.165) is 38.5 Å². The molecule has 31 heavy (non-hydrogen) atoms. The summed E-state index contributed by atoms with van der Waals surface area (Å²) >= 11 is 0. The molecule has 0 aromatic heterocycles. The lowest BCUT2D eigenvalue weighted by Crippen LogP contribution is -2.44. The van der Waals surface area contributed by atoms with Crippen LogP contribution in [0.15, 0.2) is 18.2 Å². The minimum Gasteiger partial charge on any atom is -0.374 e. The van der Waals surface area contributed by atoms with Gasteiger partial charge in [-0.1, -0.05) is 51.0 Å². The summed E-state index contributed by atoms with van der Waals surface area (Å²) in [6, 6.07) is 3.28. The van der Waals surface area contributed by atoms with Crippen LogP contribution in [0.25, 0.3) is 6.08 Å². The maximum Gasteiger partial charge on any atom is 0.166 e. The summed E-state index contributed by atoms with van der Waals surface area (Å²) in [7, 11) is 0. The Morgan fingerprint density at radius 2 is 1.77 bits per heavy atom. The molecule has 0 saturated carbocycles. The van der Waals surface area contributed by atoms with Gasteiger partial charge in [-0.15, -0.1) is 0 Å². The van der Waals surface area contributed by atoms with Crippen LogP contribution in [0, 0.1) is 17.6 Å². The van der Waals surface area contributed by atoms with Gasteiger partial charge in [0.1, 0.15) is 0 Å². The zero-order chi connectivity index (χ0) is 22.3. The predicted molar refractivity (Wildman–Crippen MR) is 116 cm³/mol. The fraction of sp³-hybridized carbons (Fsp3) is 0.680. The van der Waals surface area contributed by atoms with E-state index >= 15 is 0 Å². The Kier molecular flexibility index (Phi) is 8.99. The van der Waals surface area contributed by atoms with Crippen LogP contribution in [0.3, 0.4) is 0 Å². The summed E-state index contributed by atoms with van der Waals surface area (Å²) in [6.45, 7) is 4.72. The molecule has 2 aliphatic heterocycles. The van der Waals surface area contributed by atoms with Crippen LogP contribution in [0.2, 0.25) is 0 Å². The highest BCUT2D eigenvalue weighted by Gasteiger charge is 2.36. The number of hydrogen-bond donors (Lipinski definition) is 0. The summed E-state index contributed by atoms with van der Waals surface area (Å²) in [6.07, 6.45) is 8.97. The number of rotatable bonds is 9. The van der Waals surface area contributed by atoms with Gasteiger partial charge < -0.3 is 14.2 Å². The van der Waals surface area contributed by atoms with Gasteiger partial charge in [0.25, 0.3) is 0 Å². The van der Waals surface area contributed by atoms with Crippen molar-refractivity contribution in [3.63, 3.8) is 0 Å². The molecule has 0 aliphatic carbocycles. The maximum atomic E-state index is 14.4. The molecule has 0 amide bonds. The quantitative estimate of drug-likeness (QED) is 0.445. The van der Waals surface area contributed by atoms with Crippen LogP contribution in [0.4, 0.5) is 13.2 Å². The van der Waals surface area contributed by atoms with E-state index in [9.17, 15) is 13.2 Å². The average molecular weight is 441 g/mol. The zero-order valence-electron chi connectivity index (χ0n) is 18.7. The van der Waals surface area contributed by atoms with Crippen molar-refractivity contribution in [2.45, 2.75) is 83.3 Å². The van der Waals surface area contributed by atoms with Crippen LogP contribution in [-0.2, 0) is 20.6 Å². The molecule has 3 nitrogen and oxygen atoms in total. The zero-order valence-corrected chi connectivity index (χ0v) is 18.7. The van der Waals surface area contributed by atoms with Crippen molar-refractivity contribution >= 4 is 6.08 Å². The summed E-state index contributed by atoms with van der Waals surface area (Å²) in [5.74, 6) is -1.15. The number of aryl methyl sites for hydroxylation is 1. The SMILES string of the molecule is CCCc1ccc(/C=C/C2CCC(CCC3OCC(F)(CCC)CO3)CO2)c(F)c1F. The van der Waals surface area contributed by atoms with Gasteiger partial charge in [-0.05, 0) is 50.0 Å². The van der Waals surface area contributed by atoms with Crippen molar-refractivity contribution in [3.8, 4) is 0 Å². The lowest BCUT2D eigenvalue weighted by atomic mass is 9.93. The number of benzene rings is 1. The van der Waals surface area contributed by atoms with E-state index in [0.29, 0.717) is 30.9 Å². The predicted octanol–water partition coefficient (Wildman–Crippen LogP) is 6.39. The number of halogens is 3. The molecule has 174 valence electrons. The second-order valence-corrected chi connectivity index (χ2v) is 8.90. The number of alkyl halides is 1. The Morgan fingerprint density at radius 1 is 1.00 bits per heavy atom. The minimum atomic E-state index is -1.35. The Hall–Kier alpha value is -1.37. The first-order chi connectivity index (χ1) is 14.9. The van der Waals surface area contributed by atoms with Crippen LogP contribution in [-0.4, -0.2) is 37.9 Å². The number of ether oxygens (including phenoxy) is 3. The molecule has 0 spiro atoms. The first-order valence-corrected chi connectivity index (χ1v) is 11.6. The molecule has 1 aromatic carbocycles. The van der Waals surface area contributed by atoms with Crippen LogP contribution in [0.1, 0.15) is 69.9 Å². The van der Waals surface area contributed by atoms with E-state index < -0.39 is 17.3 Å². The van der Waals surface area contributed by atoms with Gasteiger partial charge in [0.15, 0.2) is 23.6 Å². The largest absolute Gasteiger partial charge is 0.374 e. The molecule has 6 heteroatoms. The third kappa shape index (κ3) is 6.80. The maximum absolute atomic E-state index is 14.4.